The summed E-state index contributed by atoms with van der Waals surface area (Å²) >= 11 is 19.1. The molecule has 0 bridgehead atoms. The Balaban J connectivity index is 0.000000360. The first-order chi connectivity index (χ1) is 24.3. The summed E-state index contributed by atoms with van der Waals surface area (Å²) in [6, 6.07) is 15.8. The van der Waals surface area contributed by atoms with Crippen molar-refractivity contribution in [2.75, 3.05) is 10.6 Å². The molecule has 0 saturated carbocycles. The molecule has 2 amide bonds. The second-order valence-corrected chi connectivity index (χ2v) is 14.3. The SMILES string of the molecule is C.CC(C)c1cc(Oc2c(Br)cc(NC(=O)CC(=O)O)cc2Br)ccc1O.CC(C)c1cc(Oc2c(Cl)cc(NC(=O)CC(=O)O)cc2Cl)ccc1O. The van der Waals surface area contributed by atoms with Crippen molar-refractivity contribution in [1.82, 2.24) is 0 Å². The molecule has 0 aliphatic rings. The lowest BCUT2D eigenvalue weighted by molar-refractivity contribution is -0.141. The fourth-order valence-electron chi connectivity index (χ4n) is 4.50. The van der Waals surface area contributed by atoms with Crippen LogP contribution >= 0.6 is 55.1 Å². The first-order valence-corrected chi connectivity index (χ1v) is 17.7. The molecule has 0 spiro atoms. The Kier molecular flexibility index (Phi) is 16.9. The number of carbonyl (C=O) groups excluding carboxylic acids is 2. The third-order valence-corrected chi connectivity index (χ3v) is 8.61. The Bertz CT molecular complexity index is 1800. The lowest BCUT2D eigenvalue weighted by Gasteiger charge is -2.15. The Hall–Kier alpha value is -4.50. The van der Waals surface area contributed by atoms with E-state index in [-0.39, 0.29) is 52.2 Å². The van der Waals surface area contributed by atoms with Crippen molar-refractivity contribution in [3.05, 3.63) is 90.8 Å². The van der Waals surface area contributed by atoms with Gasteiger partial charge in [-0.25, -0.2) is 0 Å². The maximum atomic E-state index is 11.6. The van der Waals surface area contributed by atoms with E-state index in [1.54, 1.807) is 42.5 Å². The van der Waals surface area contributed by atoms with Crippen molar-refractivity contribution in [2.45, 2.75) is 59.8 Å². The number of aromatic hydroxyl groups is 2. The average molecular weight is 901 g/mol. The number of phenols is 2. The van der Waals surface area contributed by atoms with Crippen LogP contribution in [0.5, 0.6) is 34.5 Å². The topological polar surface area (TPSA) is 192 Å². The average Bonchev–Trinajstić information content (AvgIpc) is 3.01. The van der Waals surface area contributed by atoms with E-state index in [0.29, 0.717) is 37.4 Å². The molecule has 6 N–H and O–H groups in total. The van der Waals surface area contributed by atoms with E-state index in [9.17, 15) is 29.4 Å². The van der Waals surface area contributed by atoms with Crippen molar-refractivity contribution in [2.24, 2.45) is 0 Å². The summed E-state index contributed by atoms with van der Waals surface area (Å²) in [5.41, 5.74) is 2.17. The summed E-state index contributed by atoms with van der Waals surface area (Å²) in [5, 5.41) is 42.2. The highest BCUT2D eigenvalue weighted by molar-refractivity contribution is 9.11. The number of carboxylic acids is 2. The number of carboxylic acid groups (broad SMARTS) is 2. The monoisotopic (exact) mass is 898 g/mol. The molecule has 12 nitrogen and oxygen atoms in total. The fourth-order valence-corrected chi connectivity index (χ4v) is 6.41. The minimum Gasteiger partial charge on any atom is -0.508 e. The minimum atomic E-state index is -1.24. The van der Waals surface area contributed by atoms with Crippen LogP contribution in [0.4, 0.5) is 11.4 Å². The molecule has 0 aliphatic heterocycles. The zero-order chi connectivity index (χ0) is 38.9. The molecule has 4 aromatic rings. The molecule has 4 aromatic carbocycles. The quantitative estimate of drug-likeness (QED) is 0.0746. The van der Waals surface area contributed by atoms with E-state index >= 15 is 0 Å². The van der Waals surface area contributed by atoms with Crippen molar-refractivity contribution in [3.8, 4) is 34.5 Å². The van der Waals surface area contributed by atoms with Crippen molar-refractivity contribution >= 4 is 90.2 Å². The third-order valence-electron chi connectivity index (χ3n) is 6.87. The van der Waals surface area contributed by atoms with Crippen LogP contribution in [0, 0.1) is 0 Å². The molecular formula is C37H38Br2Cl2N2O10. The Morgan fingerprint density at radius 1 is 0.642 bits per heavy atom. The molecule has 0 saturated heterocycles. The number of amides is 2. The van der Waals surface area contributed by atoms with E-state index in [1.807, 2.05) is 27.7 Å². The van der Waals surface area contributed by atoms with Crippen LogP contribution in [0.1, 0.15) is 70.9 Å². The Morgan fingerprint density at radius 3 is 1.36 bits per heavy atom. The summed E-state index contributed by atoms with van der Waals surface area (Å²) in [5.74, 6) is -1.48. The van der Waals surface area contributed by atoms with Crippen LogP contribution in [-0.2, 0) is 19.2 Å². The van der Waals surface area contributed by atoms with Gasteiger partial charge in [0.05, 0.1) is 19.0 Å². The summed E-state index contributed by atoms with van der Waals surface area (Å²) in [7, 11) is 0. The summed E-state index contributed by atoms with van der Waals surface area (Å²) in [6.45, 7) is 7.82. The highest BCUT2D eigenvalue weighted by Gasteiger charge is 2.17. The molecule has 0 unspecified atom stereocenters. The normalized spacial score (nSPS) is 10.5. The molecule has 16 heteroatoms. The van der Waals surface area contributed by atoms with Gasteiger partial charge in [-0.2, -0.15) is 0 Å². The second kappa shape index (κ2) is 20.1. The van der Waals surface area contributed by atoms with Gasteiger partial charge in [-0.1, -0.05) is 58.3 Å². The zero-order valence-corrected chi connectivity index (χ0v) is 32.8. The third kappa shape index (κ3) is 13.5. The van der Waals surface area contributed by atoms with Gasteiger partial charge >= 0.3 is 11.9 Å². The predicted molar refractivity (Wildman–Crippen MR) is 211 cm³/mol. The molecular weight excluding hydrogens is 863 g/mol. The van der Waals surface area contributed by atoms with Gasteiger partial charge in [-0.15, -0.1) is 0 Å². The van der Waals surface area contributed by atoms with Gasteiger partial charge in [0.1, 0.15) is 35.8 Å². The van der Waals surface area contributed by atoms with Gasteiger partial charge in [0, 0.05) is 22.5 Å². The van der Waals surface area contributed by atoms with Gasteiger partial charge in [0.25, 0.3) is 0 Å². The van der Waals surface area contributed by atoms with Crippen LogP contribution in [-0.4, -0.2) is 44.2 Å². The van der Waals surface area contributed by atoms with E-state index in [4.69, 9.17) is 42.9 Å². The van der Waals surface area contributed by atoms with Crippen LogP contribution in [0.2, 0.25) is 10.0 Å². The molecule has 0 aliphatic carbocycles. The number of nitrogens with one attached hydrogen (secondary N) is 2. The van der Waals surface area contributed by atoms with Gasteiger partial charge in [-0.05, 0) is 104 Å². The highest BCUT2D eigenvalue weighted by atomic mass is 79.9. The molecule has 0 heterocycles. The highest BCUT2D eigenvalue weighted by Crippen LogP contribution is 2.42. The van der Waals surface area contributed by atoms with Gasteiger partial charge in [-0.3, -0.25) is 19.2 Å². The number of hydrogen-bond donors (Lipinski definition) is 6. The molecule has 0 atom stereocenters. The smallest absolute Gasteiger partial charge is 0.312 e. The standard InChI is InChI=1S/C18H17Br2NO5.C18H17Cl2NO5.CH4/c2*1-9(2)12-7-11(3-4-15(12)22)26-18-13(19)5-10(6-14(18)20)21-16(23)8-17(24)25;/h2*3-7,9,22H,8H2,1-2H3,(H,21,23)(H,24,25);1H4. The van der Waals surface area contributed by atoms with Crippen LogP contribution in [0.3, 0.4) is 0 Å². The summed E-state index contributed by atoms with van der Waals surface area (Å²) in [6.07, 6.45) is -1.28. The Morgan fingerprint density at radius 2 is 1.00 bits per heavy atom. The number of aliphatic carboxylic acids is 2. The lowest BCUT2D eigenvalue weighted by Crippen LogP contribution is -2.15. The number of anilines is 2. The first-order valence-electron chi connectivity index (χ1n) is 15.4. The molecule has 53 heavy (non-hydrogen) atoms. The molecule has 0 aromatic heterocycles. The lowest BCUT2D eigenvalue weighted by atomic mass is 10.0. The molecule has 4 rings (SSSR count). The van der Waals surface area contributed by atoms with Crippen molar-refractivity contribution in [3.63, 3.8) is 0 Å². The molecule has 0 radical (unpaired) electrons. The van der Waals surface area contributed by atoms with Gasteiger partial charge in [0.15, 0.2) is 11.5 Å². The number of carbonyl (C=O) groups is 4. The first kappa shape index (κ1) is 44.7. The number of hydrogen-bond acceptors (Lipinski definition) is 8. The predicted octanol–water partition coefficient (Wildman–Crippen LogP) is 10.9. The van der Waals surface area contributed by atoms with Gasteiger partial charge in [0.2, 0.25) is 11.8 Å². The minimum absolute atomic E-state index is 0. The van der Waals surface area contributed by atoms with Gasteiger partial charge < -0.3 is 40.5 Å². The van der Waals surface area contributed by atoms with Crippen LogP contribution in [0.15, 0.2) is 69.6 Å². The molecule has 284 valence electrons. The van der Waals surface area contributed by atoms with E-state index in [0.717, 1.165) is 5.56 Å². The maximum Gasteiger partial charge on any atom is 0.312 e. The number of halogens is 4. The number of ether oxygens (including phenoxy) is 2. The number of phenolic OH excluding ortho intramolecular Hbond substituents is 2. The second-order valence-electron chi connectivity index (χ2n) is 11.7. The largest absolute Gasteiger partial charge is 0.508 e. The van der Waals surface area contributed by atoms with Crippen LogP contribution < -0.4 is 20.1 Å². The number of rotatable bonds is 12. The summed E-state index contributed by atoms with van der Waals surface area (Å²) in [4.78, 5) is 44.2. The van der Waals surface area contributed by atoms with Crippen molar-refractivity contribution < 1.29 is 49.1 Å². The summed E-state index contributed by atoms with van der Waals surface area (Å²) < 4.78 is 12.8. The molecule has 0 fully saturated rings. The number of benzene rings is 4. The van der Waals surface area contributed by atoms with Crippen LogP contribution in [0.25, 0.3) is 0 Å². The van der Waals surface area contributed by atoms with Crippen molar-refractivity contribution in [1.29, 1.82) is 0 Å². The maximum absolute atomic E-state index is 11.6. The fraction of sp³-hybridized carbons (Fsp3) is 0.243. The zero-order valence-electron chi connectivity index (χ0n) is 28.1. The van der Waals surface area contributed by atoms with E-state index < -0.39 is 36.6 Å². The van der Waals surface area contributed by atoms with E-state index in [2.05, 4.69) is 42.5 Å². The van der Waals surface area contributed by atoms with E-state index in [1.165, 1.54) is 18.2 Å². The Labute approximate surface area is 333 Å².